The summed E-state index contributed by atoms with van der Waals surface area (Å²) in [4.78, 5) is 2.40. The summed E-state index contributed by atoms with van der Waals surface area (Å²) in [6.07, 6.45) is 3.33. The molecule has 1 saturated heterocycles. The van der Waals surface area contributed by atoms with Crippen molar-refractivity contribution in [2.24, 2.45) is 5.92 Å². The first kappa shape index (κ1) is 11.8. The fourth-order valence-electron chi connectivity index (χ4n) is 3.82. The quantitative estimate of drug-likeness (QED) is 0.691. The Morgan fingerprint density at radius 3 is 2.78 bits per heavy atom. The predicted octanol–water partition coefficient (Wildman–Crippen LogP) is 2.25. The second kappa shape index (κ2) is 3.89. The molecule has 1 aromatic carbocycles. The summed E-state index contributed by atoms with van der Waals surface area (Å²) in [5, 5.41) is 19.4. The van der Waals surface area contributed by atoms with E-state index in [2.05, 4.69) is 18.9 Å². The lowest BCUT2D eigenvalue weighted by atomic mass is 9.66. The van der Waals surface area contributed by atoms with E-state index in [-0.39, 0.29) is 16.9 Å². The summed E-state index contributed by atoms with van der Waals surface area (Å²) in [7, 11) is 2.18. The van der Waals surface area contributed by atoms with Gasteiger partial charge < -0.3 is 15.1 Å². The van der Waals surface area contributed by atoms with Gasteiger partial charge in [0.05, 0.1) is 0 Å². The molecule has 2 bridgehead atoms. The Morgan fingerprint density at radius 1 is 1.28 bits per heavy atom. The van der Waals surface area contributed by atoms with Crippen LogP contribution in [0.15, 0.2) is 12.1 Å². The summed E-state index contributed by atoms with van der Waals surface area (Å²) in [6, 6.07) is 3.55. The zero-order chi connectivity index (χ0) is 12.9. The number of aromatic hydroxyl groups is 2. The second-order valence-corrected chi connectivity index (χ2v) is 6.35. The fourth-order valence-corrected chi connectivity index (χ4v) is 3.82. The van der Waals surface area contributed by atoms with Crippen LogP contribution in [0.3, 0.4) is 0 Å². The van der Waals surface area contributed by atoms with E-state index < -0.39 is 0 Å². The molecule has 18 heavy (non-hydrogen) atoms. The van der Waals surface area contributed by atoms with Gasteiger partial charge in [-0.25, -0.2) is 0 Å². The van der Waals surface area contributed by atoms with Crippen molar-refractivity contribution < 1.29 is 10.2 Å². The van der Waals surface area contributed by atoms with Crippen molar-refractivity contribution in [1.82, 2.24) is 4.90 Å². The molecule has 0 amide bonds. The molecule has 0 saturated carbocycles. The molecule has 1 aromatic rings. The molecule has 1 heterocycles. The van der Waals surface area contributed by atoms with Crippen molar-refractivity contribution in [3.63, 3.8) is 0 Å². The summed E-state index contributed by atoms with van der Waals surface area (Å²) in [6.45, 7) is 4.54. The molecule has 3 heteroatoms. The highest BCUT2D eigenvalue weighted by atomic mass is 16.3. The van der Waals surface area contributed by atoms with E-state index in [1.807, 2.05) is 0 Å². The van der Waals surface area contributed by atoms with Crippen LogP contribution < -0.4 is 0 Å². The molecule has 1 aliphatic carbocycles. The maximum absolute atomic E-state index is 9.75. The zero-order valence-electron chi connectivity index (χ0n) is 11.1. The molecule has 1 unspecified atom stereocenters. The lowest BCUT2D eigenvalue weighted by Crippen LogP contribution is -2.32. The molecule has 3 rings (SSSR count). The normalized spacial score (nSPS) is 31.8. The van der Waals surface area contributed by atoms with Gasteiger partial charge in [-0.3, -0.25) is 0 Å². The van der Waals surface area contributed by atoms with Gasteiger partial charge in [0, 0.05) is 6.54 Å². The Kier molecular flexibility index (Phi) is 2.56. The van der Waals surface area contributed by atoms with Gasteiger partial charge in [-0.1, -0.05) is 6.92 Å². The van der Waals surface area contributed by atoms with Gasteiger partial charge in [-0.2, -0.15) is 0 Å². The van der Waals surface area contributed by atoms with Crippen LogP contribution >= 0.6 is 0 Å². The number of phenols is 2. The largest absolute Gasteiger partial charge is 0.504 e. The first-order valence-electron chi connectivity index (χ1n) is 6.72. The van der Waals surface area contributed by atoms with E-state index in [1.54, 1.807) is 12.1 Å². The van der Waals surface area contributed by atoms with Crippen molar-refractivity contribution >= 4 is 0 Å². The minimum atomic E-state index is 0.0179. The van der Waals surface area contributed by atoms with Crippen LogP contribution in [-0.4, -0.2) is 35.3 Å². The van der Waals surface area contributed by atoms with E-state index in [0.717, 1.165) is 25.9 Å². The highest BCUT2D eigenvalue weighted by molar-refractivity contribution is 5.49. The highest BCUT2D eigenvalue weighted by Gasteiger charge is 2.39. The molecule has 3 nitrogen and oxygen atoms in total. The third-order valence-corrected chi connectivity index (χ3v) is 4.71. The number of benzene rings is 1. The molecular weight excluding hydrogens is 226 g/mol. The summed E-state index contributed by atoms with van der Waals surface area (Å²) >= 11 is 0. The van der Waals surface area contributed by atoms with Crippen molar-refractivity contribution in [3.8, 4) is 11.5 Å². The summed E-state index contributed by atoms with van der Waals surface area (Å²) < 4.78 is 0. The van der Waals surface area contributed by atoms with Crippen molar-refractivity contribution in [2.45, 2.75) is 31.6 Å². The van der Waals surface area contributed by atoms with Gasteiger partial charge in [0.15, 0.2) is 11.5 Å². The van der Waals surface area contributed by atoms with Crippen LogP contribution in [0, 0.1) is 5.92 Å². The number of hydrogen-bond donors (Lipinski definition) is 2. The molecule has 2 atom stereocenters. The standard InChI is InChI=1S/C15H21NO2/c1-15-3-4-16(2)9-10(8-15)5-11-6-13(17)14(18)7-12(11)15/h6-7,10,17-18H,3-5,8-9H2,1-2H3/t10?,15-/m0/s1. The molecule has 2 aliphatic rings. The highest BCUT2D eigenvalue weighted by Crippen LogP contribution is 2.46. The van der Waals surface area contributed by atoms with Crippen LogP contribution in [0.5, 0.6) is 11.5 Å². The number of likely N-dealkylation sites (tertiary alicyclic amines) is 1. The summed E-state index contributed by atoms with van der Waals surface area (Å²) in [5.41, 5.74) is 2.61. The van der Waals surface area contributed by atoms with E-state index in [1.165, 1.54) is 17.5 Å². The molecule has 0 spiro atoms. The van der Waals surface area contributed by atoms with Crippen molar-refractivity contribution in [1.29, 1.82) is 0 Å². The van der Waals surface area contributed by atoms with Gasteiger partial charge in [-0.05, 0) is 67.4 Å². The maximum atomic E-state index is 9.75. The van der Waals surface area contributed by atoms with E-state index in [9.17, 15) is 10.2 Å². The number of rotatable bonds is 0. The summed E-state index contributed by atoms with van der Waals surface area (Å²) in [5.74, 6) is 0.703. The molecule has 2 N–H and O–H groups in total. The number of nitrogens with zero attached hydrogens (tertiary/aromatic N) is 1. The third-order valence-electron chi connectivity index (χ3n) is 4.71. The minimum Gasteiger partial charge on any atom is -0.504 e. The first-order chi connectivity index (χ1) is 8.48. The Balaban J connectivity index is 2.10. The fraction of sp³-hybridized carbons (Fsp3) is 0.600. The molecule has 1 aliphatic heterocycles. The Bertz CT molecular complexity index is 486. The van der Waals surface area contributed by atoms with E-state index >= 15 is 0 Å². The number of hydrogen-bond acceptors (Lipinski definition) is 3. The number of phenolic OH excluding ortho intramolecular Hbond substituents is 2. The van der Waals surface area contributed by atoms with Crippen LogP contribution in [0.4, 0.5) is 0 Å². The topological polar surface area (TPSA) is 43.7 Å². The predicted molar refractivity (Wildman–Crippen MR) is 71.0 cm³/mol. The smallest absolute Gasteiger partial charge is 0.157 e. The van der Waals surface area contributed by atoms with Crippen LogP contribution in [0.1, 0.15) is 30.9 Å². The molecule has 0 radical (unpaired) electrons. The van der Waals surface area contributed by atoms with Crippen LogP contribution in [0.2, 0.25) is 0 Å². The van der Waals surface area contributed by atoms with E-state index in [4.69, 9.17) is 0 Å². The minimum absolute atomic E-state index is 0.0179. The van der Waals surface area contributed by atoms with Gasteiger partial charge in [0.25, 0.3) is 0 Å². The molecule has 1 fully saturated rings. The Labute approximate surface area is 108 Å². The van der Waals surface area contributed by atoms with Gasteiger partial charge in [-0.15, -0.1) is 0 Å². The lowest BCUT2D eigenvalue weighted by Gasteiger charge is -2.38. The molecular formula is C15H21NO2. The molecule has 98 valence electrons. The maximum Gasteiger partial charge on any atom is 0.157 e. The van der Waals surface area contributed by atoms with E-state index in [0.29, 0.717) is 5.92 Å². The zero-order valence-corrected chi connectivity index (χ0v) is 11.1. The van der Waals surface area contributed by atoms with Crippen molar-refractivity contribution in [2.75, 3.05) is 20.1 Å². The van der Waals surface area contributed by atoms with Crippen molar-refractivity contribution in [3.05, 3.63) is 23.3 Å². The van der Waals surface area contributed by atoms with Crippen LogP contribution in [0.25, 0.3) is 0 Å². The third kappa shape index (κ3) is 1.77. The van der Waals surface area contributed by atoms with Gasteiger partial charge in [0.1, 0.15) is 0 Å². The number of fused-ring (bicyclic) bond motifs is 4. The monoisotopic (exact) mass is 247 g/mol. The van der Waals surface area contributed by atoms with Gasteiger partial charge in [0.2, 0.25) is 0 Å². The SMILES string of the molecule is CN1CC[C@@]2(C)CC(Cc3cc(O)c(O)cc32)C1. The Hall–Kier alpha value is -1.22. The average molecular weight is 247 g/mol. The van der Waals surface area contributed by atoms with Crippen LogP contribution in [-0.2, 0) is 11.8 Å². The Morgan fingerprint density at radius 2 is 2.00 bits per heavy atom. The lowest BCUT2D eigenvalue weighted by molar-refractivity contribution is 0.288. The molecule has 0 aromatic heterocycles. The average Bonchev–Trinajstić information content (AvgIpc) is 2.41. The second-order valence-electron chi connectivity index (χ2n) is 6.35. The first-order valence-corrected chi connectivity index (χ1v) is 6.72. The van der Waals surface area contributed by atoms with Gasteiger partial charge >= 0.3 is 0 Å².